The van der Waals surface area contributed by atoms with E-state index < -0.39 is 15.9 Å². The predicted octanol–water partition coefficient (Wildman–Crippen LogP) is 4.14. The second-order valence-corrected chi connectivity index (χ2v) is 8.93. The number of carbonyl (C=O) groups excluding carboxylic acids is 1. The number of rotatable bonds is 8. The fourth-order valence-electron chi connectivity index (χ4n) is 2.76. The van der Waals surface area contributed by atoms with E-state index in [0.717, 1.165) is 0 Å². The first kappa shape index (κ1) is 23.6. The number of nitrogens with one attached hydrogen (secondary N) is 2. The molecular formula is C21H19Cl2N3O5S. The Labute approximate surface area is 195 Å². The predicted molar refractivity (Wildman–Crippen MR) is 122 cm³/mol. The number of halogens is 2. The summed E-state index contributed by atoms with van der Waals surface area (Å²) in [5.74, 6) is -0.00953. The number of methoxy groups -OCH3 is 2. The van der Waals surface area contributed by atoms with E-state index in [-0.39, 0.29) is 38.5 Å². The van der Waals surface area contributed by atoms with Gasteiger partial charge >= 0.3 is 0 Å². The first-order valence-electron chi connectivity index (χ1n) is 9.17. The second-order valence-electron chi connectivity index (χ2n) is 6.44. The number of nitrogens with zero attached hydrogens (tertiary/aromatic N) is 1. The third kappa shape index (κ3) is 5.42. The highest BCUT2D eigenvalue weighted by atomic mass is 35.5. The molecule has 0 aliphatic heterocycles. The largest absolute Gasteiger partial charge is 0.495 e. The van der Waals surface area contributed by atoms with Crippen molar-refractivity contribution in [2.75, 3.05) is 18.9 Å². The highest BCUT2D eigenvalue weighted by molar-refractivity contribution is 7.92. The molecule has 3 aromatic rings. The molecule has 0 fully saturated rings. The lowest BCUT2D eigenvalue weighted by molar-refractivity contribution is 0.0950. The van der Waals surface area contributed by atoms with Gasteiger partial charge in [-0.25, -0.2) is 8.42 Å². The SMILES string of the molecule is COc1cc(OC)c(NS(=O)(=O)c2ccc(Cl)c(C(=O)NCc3ccccn3)c2)cc1Cl. The van der Waals surface area contributed by atoms with Gasteiger partial charge < -0.3 is 14.8 Å². The Balaban J connectivity index is 1.86. The van der Waals surface area contributed by atoms with Gasteiger partial charge in [0.25, 0.3) is 15.9 Å². The van der Waals surface area contributed by atoms with Crippen molar-refractivity contribution >= 4 is 44.8 Å². The van der Waals surface area contributed by atoms with Crippen molar-refractivity contribution in [3.8, 4) is 11.5 Å². The van der Waals surface area contributed by atoms with E-state index in [9.17, 15) is 13.2 Å². The molecule has 0 aliphatic rings. The van der Waals surface area contributed by atoms with Crippen LogP contribution in [-0.2, 0) is 16.6 Å². The maximum Gasteiger partial charge on any atom is 0.262 e. The lowest BCUT2D eigenvalue weighted by Crippen LogP contribution is -2.24. The summed E-state index contributed by atoms with van der Waals surface area (Å²) >= 11 is 12.3. The average molecular weight is 496 g/mol. The quantitative estimate of drug-likeness (QED) is 0.486. The number of pyridine rings is 1. The van der Waals surface area contributed by atoms with Gasteiger partial charge in [0, 0.05) is 12.3 Å². The molecule has 32 heavy (non-hydrogen) atoms. The molecule has 8 nitrogen and oxygen atoms in total. The summed E-state index contributed by atoms with van der Waals surface area (Å²) in [5.41, 5.74) is 0.755. The number of aromatic nitrogens is 1. The number of hydrogen-bond donors (Lipinski definition) is 2. The van der Waals surface area contributed by atoms with Gasteiger partial charge in [-0.05, 0) is 36.4 Å². The standard InChI is InChI=1S/C21H19Cl2N3O5S/c1-30-19-11-20(31-2)18(10-17(19)23)26-32(28,29)14-6-7-16(22)15(9-14)21(27)25-12-13-5-3-4-8-24-13/h3-11,26H,12H2,1-2H3,(H,25,27). The van der Waals surface area contributed by atoms with Gasteiger partial charge in [-0.15, -0.1) is 0 Å². The van der Waals surface area contributed by atoms with Gasteiger partial charge in [0.15, 0.2) is 0 Å². The molecule has 11 heteroatoms. The monoisotopic (exact) mass is 495 g/mol. The number of anilines is 1. The maximum atomic E-state index is 13.0. The molecule has 3 rings (SSSR count). The summed E-state index contributed by atoms with van der Waals surface area (Å²) in [4.78, 5) is 16.6. The van der Waals surface area contributed by atoms with Crippen molar-refractivity contribution in [3.05, 3.63) is 76.0 Å². The van der Waals surface area contributed by atoms with Crippen LogP contribution in [0.2, 0.25) is 10.0 Å². The Hall–Kier alpha value is -3.01. The zero-order valence-corrected chi connectivity index (χ0v) is 19.4. The third-order valence-corrected chi connectivity index (χ3v) is 6.36. The van der Waals surface area contributed by atoms with Gasteiger partial charge in [-0.2, -0.15) is 0 Å². The van der Waals surface area contributed by atoms with Crippen LogP contribution in [0.1, 0.15) is 16.1 Å². The summed E-state index contributed by atoms with van der Waals surface area (Å²) in [6.45, 7) is 0.160. The van der Waals surface area contributed by atoms with Crippen LogP contribution < -0.4 is 19.5 Å². The third-order valence-electron chi connectivity index (χ3n) is 4.37. The van der Waals surface area contributed by atoms with Crippen molar-refractivity contribution in [1.29, 1.82) is 0 Å². The Bertz CT molecular complexity index is 1240. The lowest BCUT2D eigenvalue weighted by Gasteiger charge is -2.15. The molecule has 0 unspecified atom stereocenters. The molecule has 0 saturated heterocycles. The van der Waals surface area contributed by atoms with E-state index in [0.29, 0.717) is 11.4 Å². The van der Waals surface area contributed by atoms with Crippen molar-refractivity contribution in [1.82, 2.24) is 10.3 Å². The van der Waals surface area contributed by atoms with Crippen LogP contribution in [0.25, 0.3) is 0 Å². The molecule has 1 aromatic heterocycles. The summed E-state index contributed by atoms with van der Waals surface area (Å²) < 4.78 is 38.7. The van der Waals surface area contributed by atoms with Crippen LogP contribution in [0, 0.1) is 0 Å². The van der Waals surface area contributed by atoms with Crippen molar-refractivity contribution in [2.45, 2.75) is 11.4 Å². The van der Waals surface area contributed by atoms with Crippen LogP contribution in [0.15, 0.2) is 59.6 Å². The molecule has 0 bridgehead atoms. The summed E-state index contributed by atoms with van der Waals surface area (Å²) in [7, 11) is -1.29. The van der Waals surface area contributed by atoms with Crippen molar-refractivity contribution < 1.29 is 22.7 Å². The van der Waals surface area contributed by atoms with Crippen LogP contribution >= 0.6 is 23.2 Å². The molecule has 0 saturated carbocycles. The molecule has 2 aromatic carbocycles. The first-order valence-corrected chi connectivity index (χ1v) is 11.4. The zero-order valence-electron chi connectivity index (χ0n) is 17.1. The van der Waals surface area contributed by atoms with E-state index in [4.69, 9.17) is 32.7 Å². The highest BCUT2D eigenvalue weighted by Gasteiger charge is 2.21. The van der Waals surface area contributed by atoms with Gasteiger partial charge in [0.1, 0.15) is 11.5 Å². The van der Waals surface area contributed by atoms with Crippen LogP contribution in [0.4, 0.5) is 5.69 Å². The fraction of sp³-hybridized carbons (Fsp3) is 0.143. The van der Waals surface area contributed by atoms with E-state index in [1.807, 2.05) is 0 Å². The molecule has 2 N–H and O–H groups in total. The summed E-state index contributed by atoms with van der Waals surface area (Å²) in [5, 5.41) is 2.97. The average Bonchev–Trinajstić information content (AvgIpc) is 2.78. The molecule has 1 heterocycles. The summed E-state index contributed by atoms with van der Waals surface area (Å²) in [6, 6.07) is 11.9. The molecule has 0 atom stereocenters. The van der Waals surface area contributed by atoms with Crippen molar-refractivity contribution in [2.24, 2.45) is 0 Å². The first-order chi connectivity index (χ1) is 15.2. The maximum absolute atomic E-state index is 13.0. The molecule has 0 aliphatic carbocycles. The number of benzene rings is 2. The van der Waals surface area contributed by atoms with Crippen LogP contribution in [-0.4, -0.2) is 33.5 Å². The Morgan fingerprint density at radius 2 is 1.75 bits per heavy atom. The zero-order chi connectivity index (χ0) is 23.3. The van der Waals surface area contributed by atoms with E-state index in [2.05, 4.69) is 15.0 Å². The molecular weight excluding hydrogens is 477 g/mol. The van der Waals surface area contributed by atoms with Crippen LogP contribution in [0.3, 0.4) is 0 Å². The topological polar surface area (TPSA) is 107 Å². The number of ether oxygens (including phenoxy) is 2. The number of sulfonamides is 1. The minimum absolute atomic E-state index is 0.00482. The smallest absolute Gasteiger partial charge is 0.262 e. The summed E-state index contributed by atoms with van der Waals surface area (Å²) in [6.07, 6.45) is 1.60. The Morgan fingerprint density at radius 1 is 1.00 bits per heavy atom. The fourth-order valence-corrected chi connectivity index (χ4v) is 4.29. The van der Waals surface area contributed by atoms with E-state index in [1.54, 1.807) is 24.4 Å². The second kappa shape index (κ2) is 10.1. The van der Waals surface area contributed by atoms with Crippen LogP contribution in [0.5, 0.6) is 11.5 Å². The van der Waals surface area contributed by atoms with Gasteiger partial charge in [0.2, 0.25) is 0 Å². The number of hydrogen-bond acceptors (Lipinski definition) is 6. The minimum atomic E-state index is -4.10. The van der Waals surface area contributed by atoms with E-state index in [1.165, 1.54) is 44.6 Å². The highest BCUT2D eigenvalue weighted by Crippen LogP contribution is 2.37. The number of carbonyl (C=O) groups is 1. The van der Waals surface area contributed by atoms with Gasteiger partial charge in [-0.3, -0.25) is 14.5 Å². The molecule has 0 radical (unpaired) electrons. The minimum Gasteiger partial charge on any atom is -0.495 e. The Morgan fingerprint density at radius 3 is 2.41 bits per heavy atom. The Kier molecular flexibility index (Phi) is 7.44. The van der Waals surface area contributed by atoms with Gasteiger partial charge in [0.05, 0.1) is 52.6 Å². The molecule has 1 amide bonds. The molecule has 168 valence electrons. The normalized spacial score (nSPS) is 11.0. The van der Waals surface area contributed by atoms with Gasteiger partial charge in [-0.1, -0.05) is 29.3 Å². The van der Waals surface area contributed by atoms with E-state index >= 15 is 0 Å². The van der Waals surface area contributed by atoms with Crippen molar-refractivity contribution in [3.63, 3.8) is 0 Å². The lowest BCUT2D eigenvalue weighted by atomic mass is 10.2. The molecule has 0 spiro atoms. The number of amides is 1.